The van der Waals surface area contributed by atoms with Crippen LogP contribution in [0.4, 0.5) is 0 Å². The van der Waals surface area contributed by atoms with Crippen molar-refractivity contribution in [2.75, 3.05) is 0 Å². The molecule has 0 aliphatic carbocycles. The van der Waals surface area contributed by atoms with Gasteiger partial charge in [-0.2, -0.15) is 12.6 Å². The second-order valence-corrected chi connectivity index (χ2v) is 11.8. The van der Waals surface area contributed by atoms with Crippen molar-refractivity contribution in [3.8, 4) is 0 Å². The molecule has 0 aromatic heterocycles. The summed E-state index contributed by atoms with van der Waals surface area (Å²) >= 11 is 0. The van der Waals surface area contributed by atoms with E-state index in [2.05, 4.69) is 0 Å². The molecule has 0 unspecified atom stereocenters. The molecule has 1 aliphatic heterocycles. The van der Waals surface area contributed by atoms with Gasteiger partial charge in [-0.25, -0.2) is 8.42 Å². The average molecular weight is 513 g/mol. The van der Waals surface area contributed by atoms with E-state index in [0.29, 0.717) is 5.46 Å². The van der Waals surface area contributed by atoms with Crippen LogP contribution in [0.3, 0.4) is 0 Å². The van der Waals surface area contributed by atoms with Crippen LogP contribution in [0.15, 0.2) is 88.7 Å². The lowest BCUT2D eigenvalue weighted by Crippen LogP contribution is -2.54. The molecule has 1 heterocycles. The minimum absolute atomic E-state index is 0.0547. The highest BCUT2D eigenvalue weighted by Crippen LogP contribution is 2.30. The van der Waals surface area contributed by atoms with Crippen LogP contribution < -0.4 is 5.46 Å². The van der Waals surface area contributed by atoms with Gasteiger partial charge in [0.25, 0.3) is 10.1 Å². The first-order valence-electron chi connectivity index (χ1n) is 10.9. The molecule has 3 aromatic rings. The van der Waals surface area contributed by atoms with Crippen LogP contribution in [0.2, 0.25) is 0 Å². The van der Waals surface area contributed by atoms with E-state index in [-0.39, 0.29) is 9.79 Å². The molecule has 0 saturated carbocycles. The SMILES string of the molecule is Cc1ccc(S(=O)(=O)O[C@@H](C)[C@H]2C(=O)OB(c3ccccc3)N2S(=O)(=O)c2ccc(C)cc2)cc1. The highest BCUT2D eigenvalue weighted by atomic mass is 32.2. The molecule has 11 heteroatoms. The molecule has 1 saturated heterocycles. The zero-order valence-electron chi connectivity index (χ0n) is 19.4. The molecular formula is C24H24BNO7S2. The highest BCUT2D eigenvalue weighted by molar-refractivity contribution is 7.90. The average Bonchev–Trinajstić information content (AvgIpc) is 3.18. The Morgan fingerprint density at radius 2 is 1.34 bits per heavy atom. The number of carbonyl (C=O) groups is 1. The van der Waals surface area contributed by atoms with E-state index in [1.165, 1.54) is 31.2 Å². The largest absolute Gasteiger partial charge is 0.514 e. The van der Waals surface area contributed by atoms with E-state index in [0.717, 1.165) is 15.3 Å². The maximum absolute atomic E-state index is 13.8. The van der Waals surface area contributed by atoms with Gasteiger partial charge in [0.05, 0.1) is 9.79 Å². The summed E-state index contributed by atoms with van der Waals surface area (Å²) in [5, 5.41) is 0. The number of aryl methyl sites for hydroxylation is 2. The third kappa shape index (κ3) is 5.03. The van der Waals surface area contributed by atoms with Gasteiger partial charge >= 0.3 is 13.0 Å². The summed E-state index contributed by atoms with van der Waals surface area (Å²) in [5.74, 6) is -0.902. The monoisotopic (exact) mass is 513 g/mol. The second-order valence-electron chi connectivity index (χ2n) is 8.36. The van der Waals surface area contributed by atoms with Crippen molar-refractivity contribution >= 4 is 38.6 Å². The van der Waals surface area contributed by atoms with Crippen molar-refractivity contribution in [1.82, 2.24) is 4.22 Å². The van der Waals surface area contributed by atoms with E-state index in [1.807, 2.05) is 13.8 Å². The van der Waals surface area contributed by atoms with Crippen molar-refractivity contribution in [3.63, 3.8) is 0 Å². The smallest absolute Gasteiger partial charge is 0.502 e. The van der Waals surface area contributed by atoms with Gasteiger partial charge in [-0.05, 0) is 50.5 Å². The molecule has 0 amide bonds. The van der Waals surface area contributed by atoms with Crippen LogP contribution in [-0.4, -0.2) is 46.2 Å². The number of nitrogens with zero attached hydrogens (tertiary/aromatic N) is 1. The third-order valence-electron chi connectivity index (χ3n) is 5.69. The van der Waals surface area contributed by atoms with Crippen molar-refractivity contribution in [2.24, 2.45) is 0 Å². The third-order valence-corrected chi connectivity index (χ3v) is 8.94. The fourth-order valence-electron chi connectivity index (χ4n) is 3.83. The van der Waals surface area contributed by atoms with Gasteiger partial charge < -0.3 is 4.65 Å². The fraction of sp³-hybridized carbons (Fsp3) is 0.208. The van der Waals surface area contributed by atoms with Crippen LogP contribution in [0.1, 0.15) is 18.1 Å². The van der Waals surface area contributed by atoms with Crippen LogP contribution in [0.5, 0.6) is 0 Å². The van der Waals surface area contributed by atoms with Crippen molar-refractivity contribution in [1.29, 1.82) is 0 Å². The van der Waals surface area contributed by atoms with Crippen molar-refractivity contribution in [3.05, 3.63) is 90.0 Å². The van der Waals surface area contributed by atoms with Gasteiger partial charge in [0.2, 0.25) is 10.0 Å². The summed E-state index contributed by atoms with van der Waals surface area (Å²) in [6, 6.07) is 19.0. The molecule has 0 bridgehead atoms. The summed E-state index contributed by atoms with van der Waals surface area (Å²) in [6.45, 7) is 4.97. The Kier molecular flexibility index (Phi) is 6.87. The van der Waals surface area contributed by atoms with E-state index in [1.54, 1.807) is 54.6 Å². The zero-order chi connectivity index (χ0) is 25.4. The van der Waals surface area contributed by atoms with Gasteiger partial charge in [0.1, 0.15) is 12.1 Å². The van der Waals surface area contributed by atoms with Gasteiger partial charge in [-0.15, -0.1) is 0 Å². The lowest BCUT2D eigenvalue weighted by atomic mass is 9.74. The molecular weight excluding hydrogens is 489 g/mol. The predicted octanol–water partition coefficient (Wildman–Crippen LogP) is 2.41. The molecule has 182 valence electrons. The predicted molar refractivity (Wildman–Crippen MR) is 131 cm³/mol. The summed E-state index contributed by atoms with van der Waals surface area (Å²) in [5.41, 5.74) is 2.14. The van der Waals surface area contributed by atoms with Gasteiger partial charge in [-0.1, -0.05) is 65.7 Å². The van der Waals surface area contributed by atoms with Gasteiger partial charge in [0.15, 0.2) is 0 Å². The molecule has 1 fully saturated rings. The molecule has 2 atom stereocenters. The molecule has 8 nitrogen and oxygen atoms in total. The fourth-order valence-corrected chi connectivity index (χ4v) is 6.62. The van der Waals surface area contributed by atoms with E-state index in [4.69, 9.17) is 8.84 Å². The highest BCUT2D eigenvalue weighted by Gasteiger charge is 2.56. The number of hydrogen-bond donors (Lipinski definition) is 0. The molecule has 35 heavy (non-hydrogen) atoms. The van der Waals surface area contributed by atoms with Crippen molar-refractivity contribution in [2.45, 2.75) is 42.7 Å². The van der Waals surface area contributed by atoms with Crippen LogP contribution in [-0.2, 0) is 33.8 Å². The number of benzene rings is 3. The normalized spacial score (nSPS) is 17.9. The quantitative estimate of drug-likeness (QED) is 0.353. The maximum atomic E-state index is 13.8. The Hall–Kier alpha value is -2.99. The van der Waals surface area contributed by atoms with Gasteiger partial charge in [0, 0.05) is 0 Å². The van der Waals surface area contributed by atoms with Crippen LogP contribution in [0.25, 0.3) is 0 Å². The summed E-state index contributed by atoms with van der Waals surface area (Å²) in [6.07, 6.45) is -1.37. The minimum Gasteiger partial charge on any atom is -0.514 e. The minimum atomic E-state index is -4.29. The Morgan fingerprint density at radius 3 is 1.89 bits per heavy atom. The van der Waals surface area contributed by atoms with Crippen LogP contribution >= 0.6 is 0 Å². The summed E-state index contributed by atoms with van der Waals surface area (Å²) < 4.78 is 65.0. The van der Waals surface area contributed by atoms with E-state index < -0.39 is 45.3 Å². The topological polar surface area (TPSA) is 107 Å². The van der Waals surface area contributed by atoms with E-state index >= 15 is 0 Å². The summed E-state index contributed by atoms with van der Waals surface area (Å²) in [4.78, 5) is 12.8. The van der Waals surface area contributed by atoms with Crippen LogP contribution in [0, 0.1) is 13.8 Å². The van der Waals surface area contributed by atoms with E-state index in [9.17, 15) is 21.6 Å². The maximum Gasteiger partial charge on any atom is 0.502 e. The molecule has 4 rings (SSSR count). The van der Waals surface area contributed by atoms with Gasteiger partial charge in [-0.3, -0.25) is 8.98 Å². The lowest BCUT2D eigenvalue weighted by molar-refractivity contribution is -0.136. The second kappa shape index (κ2) is 9.58. The first-order chi connectivity index (χ1) is 16.5. The Bertz CT molecular complexity index is 1430. The Balaban J connectivity index is 1.75. The number of hydrogen-bond acceptors (Lipinski definition) is 7. The first kappa shape index (κ1) is 25.1. The molecule has 0 spiro atoms. The molecule has 0 radical (unpaired) electrons. The van der Waals surface area contributed by atoms with Crippen molar-refractivity contribution < 1.29 is 30.5 Å². The Morgan fingerprint density at radius 1 is 0.829 bits per heavy atom. The summed E-state index contributed by atoms with van der Waals surface area (Å²) in [7, 11) is -9.86. The first-order valence-corrected chi connectivity index (χ1v) is 13.7. The Labute approximate surface area is 205 Å². The number of sulfonamides is 1. The lowest BCUT2D eigenvalue weighted by Gasteiger charge is -2.27. The molecule has 3 aromatic carbocycles. The standard InChI is InChI=1S/C24H24BNO7S2/c1-17-9-13-21(14-10-17)34(28,29)26-23(24(27)32-25(26)20-7-5-4-6-8-20)19(3)33-35(30,31)22-15-11-18(2)12-16-22/h4-16,19,23H,1-3H3/t19-,23-/m0/s1. The molecule has 0 N–H and O–H groups in total. The number of carbonyl (C=O) groups excluding carboxylic acids is 1. The number of rotatable bonds is 7. The molecule has 1 aliphatic rings. The zero-order valence-corrected chi connectivity index (χ0v) is 21.0.